The monoisotopic (exact) mass is 287 g/mol. The summed E-state index contributed by atoms with van der Waals surface area (Å²) in [6.07, 6.45) is -4.54. The van der Waals surface area contributed by atoms with Crippen LogP contribution in [0.3, 0.4) is 0 Å². The third-order valence-corrected chi connectivity index (χ3v) is 3.19. The summed E-state index contributed by atoms with van der Waals surface area (Å²) in [5, 5.41) is 8.84. The van der Waals surface area contributed by atoms with E-state index in [1.54, 1.807) is 0 Å². The Bertz CT molecular complexity index is 542. The van der Waals surface area contributed by atoms with Crippen LogP contribution in [0.25, 0.3) is 0 Å². The minimum atomic E-state index is -4.44. The Morgan fingerprint density at radius 3 is 2.65 bits per heavy atom. The zero-order valence-corrected chi connectivity index (χ0v) is 10.4. The molecule has 4 nitrogen and oxygen atoms in total. The van der Waals surface area contributed by atoms with E-state index in [9.17, 15) is 22.8 Å². The van der Waals surface area contributed by atoms with Crippen molar-refractivity contribution in [2.75, 3.05) is 6.54 Å². The highest BCUT2D eigenvalue weighted by molar-refractivity contribution is 5.86. The highest BCUT2D eigenvalue weighted by Crippen LogP contribution is 2.30. The Balaban J connectivity index is 2.11. The molecule has 0 spiro atoms. The molecule has 2 rings (SSSR count). The fourth-order valence-electron chi connectivity index (χ4n) is 2.16. The standard InChI is InChI=1S/C13H12F3NO3/c14-13(15,16)10-3-1-2-8(4-10)6-17-7-9(12(19)20)5-11(17)18/h1-4,9H,5-7H2,(H,19,20)/t9-/m0/s1. The lowest BCUT2D eigenvalue weighted by Crippen LogP contribution is -2.25. The van der Waals surface area contributed by atoms with Gasteiger partial charge in [0.1, 0.15) is 0 Å². The van der Waals surface area contributed by atoms with Crippen LogP contribution in [-0.4, -0.2) is 28.4 Å². The summed E-state index contributed by atoms with van der Waals surface area (Å²) in [6, 6.07) is 4.68. The maximum atomic E-state index is 12.6. The SMILES string of the molecule is O=C(O)[C@H]1CC(=O)N(Cc2cccc(C(F)(F)F)c2)C1. The number of carboxylic acid groups (broad SMARTS) is 1. The van der Waals surface area contributed by atoms with Crippen LogP contribution < -0.4 is 0 Å². The number of hydrogen-bond donors (Lipinski definition) is 1. The first-order valence-electron chi connectivity index (χ1n) is 5.94. The number of rotatable bonds is 3. The second-order valence-electron chi connectivity index (χ2n) is 4.71. The molecule has 1 atom stereocenters. The van der Waals surface area contributed by atoms with Crippen LogP contribution in [0.1, 0.15) is 17.5 Å². The zero-order chi connectivity index (χ0) is 14.9. The van der Waals surface area contributed by atoms with Crippen molar-refractivity contribution in [1.82, 2.24) is 4.90 Å². The average Bonchev–Trinajstić information content (AvgIpc) is 2.70. The molecule has 1 heterocycles. The van der Waals surface area contributed by atoms with E-state index in [1.165, 1.54) is 17.0 Å². The van der Waals surface area contributed by atoms with Gasteiger partial charge >= 0.3 is 12.1 Å². The van der Waals surface area contributed by atoms with Crippen LogP contribution in [0.4, 0.5) is 13.2 Å². The van der Waals surface area contributed by atoms with Crippen LogP contribution in [0.15, 0.2) is 24.3 Å². The predicted molar refractivity (Wildman–Crippen MR) is 62.6 cm³/mol. The molecule has 1 aromatic carbocycles. The molecule has 0 radical (unpaired) electrons. The molecule has 0 bridgehead atoms. The molecule has 1 aliphatic rings. The number of aliphatic carboxylic acids is 1. The van der Waals surface area contributed by atoms with Crippen molar-refractivity contribution in [3.05, 3.63) is 35.4 Å². The molecular formula is C13H12F3NO3. The van der Waals surface area contributed by atoms with E-state index in [4.69, 9.17) is 5.11 Å². The number of carboxylic acids is 1. The number of carbonyl (C=O) groups is 2. The molecule has 0 aliphatic carbocycles. The summed E-state index contributed by atoms with van der Waals surface area (Å²) in [6.45, 7) is 0.0247. The first-order chi connectivity index (χ1) is 9.27. The molecule has 1 aliphatic heterocycles. The van der Waals surface area contributed by atoms with Crippen molar-refractivity contribution < 1.29 is 27.9 Å². The van der Waals surface area contributed by atoms with E-state index in [2.05, 4.69) is 0 Å². The number of amides is 1. The van der Waals surface area contributed by atoms with E-state index in [1.807, 2.05) is 0 Å². The summed E-state index contributed by atoms with van der Waals surface area (Å²) in [7, 11) is 0. The van der Waals surface area contributed by atoms with Gasteiger partial charge in [0.25, 0.3) is 0 Å². The van der Waals surface area contributed by atoms with Crippen LogP contribution in [0.2, 0.25) is 0 Å². The summed E-state index contributed by atoms with van der Waals surface area (Å²) < 4.78 is 37.7. The number of nitrogens with zero attached hydrogens (tertiary/aromatic N) is 1. The first kappa shape index (κ1) is 14.4. The van der Waals surface area contributed by atoms with E-state index in [-0.39, 0.29) is 25.4 Å². The van der Waals surface area contributed by atoms with Crippen molar-refractivity contribution in [1.29, 1.82) is 0 Å². The minimum Gasteiger partial charge on any atom is -0.481 e. The molecule has 1 fully saturated rings. The first-order valence-corrected chi connectivity index (χ1v) is 5.94. The molecule has 20 heavy (non-hydrogen) atoms. The van der Waals surface area contributed by atoms with Crippen molar-refractivity contribution in [2.45, 2.75) is 19.1 Å². The third kappa shape index (κ3) is 3.09. The number of carbonyl (C=O) groups excluding carboxylic acids is 1. The number of halogens is 3. The van der Waals surface area contributed by atoms with E-state index < -0.39 is 23.6 Å². The molecule has 0 unspecified atom stereocenters. The Kier molecular flexibility index (Phi) is 3.69. The van der Waals surface area contributed by atoms with Crippen molar-refractivity contribution in [3.8, 4) is 0 Å². The molecular weight excluding hydrogens is 275 g/mol. The molecule has 1 aromatic rings. The Hall–Kier alpha value is -2.05. The van der Waals surface area contributed by atoms with Gasteiger partial charge in [0, 0.05) is 19.5 Å². The fraction of sp³-hybridized carbons (Fsp3) is 0.385. The van der Waals surface area contributed by atoms with Crippen molar-refractivity contribution in [3.63, 3.8) is 0 Å². The van der Waals surface area contributed by atoms with Crippen LogP contribution in [-0.2, 0) is 22.3 Å². The molecule has 0 saturated carbocycles. The van der Waals surface area contributed by atoms with Gasteiger partial charge in [-0.05, 0) is 17.7 Å². The quantitative estimate of drug-likeness (QED) is 0.926. The maximum Gasteiger partial charge on any atom is 0.416 e. The van der Waals surface area contributed by atoms with Gasteiger partial charge in [-0.3, -0.25) is 9.59 Å². The van der Waals surface area contributed by atoms with Gasteiger partial charge in [0.15, 0.2) is 0 Å². The molecule has 1 saturated heterocycles. The number of hydrogen-bond acceptors (Lipinski definition) is 2. The zero-order valence-electron chi connectivity index (χ0n) is 10.4. The topological polar surface area (TPSA) is 57.6 Å². The normalized spacial score (nSPS) is 19.4. The summed E-state index contributed by atoms with van der Waals surface area (Å²) in [5.41, 5.74) is -0.448. The minimum absolute atomic E-state index is 0.00741. The summed E-state index contributed by atoms with van der Waals surface area (Å²) in [4.78, 5) is 23.7. The Labute approximate surface area is 112 Å². The molecule has 0 aromatic heterocycles. The van der Waals surface area contributed by atoms with Gasteiger partial charge in [-0.2, -0.15) is 13.2 Å². The largest absolute Gasteiger partial charge is 0.481 e. The molecule has 108 valence electrons. The molecule has 1 N–H and O–H groups in total. The fourth-order valence-corrected chi connectivity index (χ4v) is 2.16. The smallest absolute Gasteiger partial charge is 0.416 e. The predicted octanol–water partition coefficient (Wildman–Crippen LogP) is 2.14. The lowest BCUT2D eigenvalue weighted by molar-refractivity contribution is -0.141. The van der Waals surface area contributed by atoms with Crippen molar-refractivity contribution >= 4 is 11.9 Å². The number of alkyl halides is 3. The second-order valence-corrected chi connectivity index (χ2v) is 4.71. The highest BCUT2D eigenvalue weighted by Gasteiger charge is 2.35. The lowest BCUT2D eigenvalue weighted by Gasteiger charge is -2.17. The maximum absolute atomic E-state index is 12.6. The van der Waals surface area contributed by atoms with Crippen LogP contribution in [0, 0.1) is 5.92 Å². The van der Waals surface area contributed by atoms with E-state index in [0.29, 0.717) is 5.56 Å². The summed E-state index contributed by atoms with van der Waals surface area (Å²) >= 11 is 0. The van der Waals surface area contributed by atoms with Crippen molar-refractivity contribution in [2.24, 2.45) is 5.92 Å². The van der Waals surface area contributed by atoms with Gasteiger partial charge in [0.05, 0.1) is 11.5 Å². The van der Waals surface area contributed by atoms with Gasteiger partial charge < -0.3 is 10.0 Å². The highest BCUT2D eigenvalue weighted by atomic mass is 19.4. The summed E-state index contributed by atoms with van der Waals surface area (Å²) in [5.74, 6) is -2.20. The number of likely N-dealkylation sites (tertiary alicyclic amines) is 1. The van der Waals surface area contributed by atoms with E-state index in [0.717, 1.165) is 12.1 Å². The number of benzene rings is 1. The third-order valence-electron chi connectivity index (χ3n) is 3.19. The Morgan fingerprint density at radius 2 is 2.10 bits per heavy atom. The van der Waals surface area contributed by atoms with Crippen LogP contribution >= 0.6 is 0 Å². The lowest BCUT2D eigenvalue weighted by atomic mass is 10.1. The van der Waals surface area contributed by atoms with Crippen LogP contribution in [0.5, 0.6) is 0 Å². The van der Waals surface area contributed by atoms with Gasteiger partial charge in [-0.25, -0.2) is 0 Å². The van der Waals surface area contributed by atoms with Gasteiger partial charge in [-0.15, -0.1) is 0 Å². The molecule has 7 heteroatoms. The van der Waals surface area contributed by atoms with E-state index >= 15 is 0 Å². The average molecular weight is 287 g/mol. The molecule has 1 amide bonds. The Morgan fingerprint density at radius 1 is 1.40 bits per heavy atom. The van der Waals surface area contributed by atoms with Gasteiger partial charge in [-0.1, -0.05) is 12.1 Å². The second kappa shape index (κ2) is 5.15. The van der Waals surface area contributed by atoms with Gasteiger partial charge in [0.2, 0.25) is 5.91 Å².